The maximum atomic E-state index is 12.3. The minimum atomic E-state index is 0.204. The monoisotopic (exact) mass is 378 g/mol. The molecular formula is C19H30N4O2S. The smallest absolute Gasteiger partial charge is 0.232 e. The third-order valence-corrected chi connectivity index (χ3v) is 6.85. The molecule has 144 valence electrons. The van der Waals surface area contributed by atoms with E-state index in [1.165, 1.54) is 0 Å². The Morgan fingerprint density at radius 1 is 1.35 bits per heavy atom. The van der Waals surface area contributed by atoms with Crippen LogP contribution < -0.4 is 0 Å². The van der Waals surface area contributed by atoms with Crippen molar-refractivity contribution in [1.82, 2.24) is 19.8 Å². The van der Waals surface area contributed by atoms with Crippen molar-refractivity contribution < 1.29 is 9.59 Å². The molecule has 0 aromatic carbocycles. The number of amides is 2. The zero-order valence-electron chi connectivity index (χ0n) is 15.7. The molecule has 6 nitrogen and oxygen atoms in total. The highest BCUT2D eigenvalue weighted by atomic mass is 32.2. The largest absolute Gasteiger partial charge is 0.348 e. The Kier molecular flexibility index (Phi) is 6.62. The van der Waals surface area contributed by atoms with Crippen LogP contribution in [0, 0.1) is 5.41 Å². The predicted octanol–water partition coefficient (Wildman–Crippen LogP) is 2.33. The molecule has 0 radical (unpaired) electrons. The molecule has 3 heterocycles. The number of thioether (sulfide) groups is 1. The Morgan fingerprint density at radius 3 is 2.85 bits per heavy atom. The number of aromatic amines is 1. The molecule has 2 fully saturated rings. The summed E-state index contributed by atoms with van der Waals surface area (Å²) in [5.41, 5.74) is 1.28. The van der Waals surface area contributed by atoms with Gasteiger partial charge >= 0.3 is 0 Å². The number of carbonyl (C=O) groups excluding carboxylic acids is 2. The highest BCUT2D eigenvalue weighted by molar-refractivity contribution is 7.99. The van der Waals surface area contributed by atoms with Crippen molar-refractivity contribution in [2.45, 2.75) is 45.4 Å². The number of imidazole rings is 1. The van der Waals surface area contributed by atoms with E-state index in [-0.39, 0.29) is 17.2 Å². The van der Waals surface area contributed by atoms with Crippen molar-refractivity contribution in [3.8, 4) is 0 Å². The van der Waals surface area contributed by atoms with Gasteiger partial charge in [-0.3, -0.25) is 9.59 Å². The molecule has 1 aromatic heterocycles. The molecule has 2 amide bonds. The number of aromatic nitrogens is 2. The Labute approximate surface area is 160 Å². The van der Waals surface area contributed by atoms with Gasteiger partial charge < -0.3 is 14.8 Å². The highest BCUT2D eigenvalue weighted by Gasteiger charge is 2.41. The molecule has 0 unspecified atom stereocenters. The van der Waals surface area contributed by atoms with E-state index >= 15 is 0 Å². The van der Waals surface area contributed by atoms with Gasteiger partial charge in [0.25, 0.3) is 0 Å². The molecular weight excluding hydrogens is 348 g/mol. The van der Waals surface area contributed by atoms with Crippen molar-refractivity contribution in [3.05, 3.63) is 18.2 Å². The fourth-order valence-corrected chi connectivity index (χ4v) is 4.81. The first-order chi connectivity index (χ1) is 12.6. The molecule has 3 rings (SSSR count). The van der Waals surface area contributed by atoms with Crippen LogP contribution in [-0.4, -0.2) is 69.3 Å². The molecule has 0 aliphatic carbocycles. The Hall–Kier alpha value is -1.50. The first-order valence-electron chi connectivity index (χ1n) is 9.72. The van der Waals surface area contributed by atoms with Gasteiger partial charge in [0.2, 0.25) is 11.8 Å². The number of hydrogen-bond acceptors (Lipinski definition) is 4. The van der Waals surface area contributed by atoms with Gasteiger partial charge in [0.15, 0.2) is 0 Å². The lowest BCUT2D eigenvalue weighted by Gasteiger charge is -2.47. The fraction of sp³-hybridized carbons (Fsp3) is 0.737. The average Bonchev–Trinajstić information content (AvgIpc) is 3.17. The number of hydrogen-bond donors (Lipinski definition) is 1. The second kappa shape index (κ2) is 8.93. The minimum Gasteiger partial charge on any atom is -0.348 e. The number of H-pyrrole nitrogens is 1. The summed E-state index contributed by atoms with van der Waals surface area (Å²) in [5.74, 6) is 2.21. The Bertz CT molecular complexity index is 597. The van der Waals surface area contributed by atoms with E-state index in [2.05, 4.69) is 16.9 Å². The van der Waals surface area contributed by atoms with Crippen LogP contribution in [0.1, 0.15) is 44.7 Å². The standard InChI is InChI=1S/C19H30N4O2S/c1-2-11-26-13-18(25)22-9-6-19(7-10-22)5-3-17(24)23(14-19)8-4-16-12-20-15-21-16/h12,15H,2-11,13-14H2,1H3,(H,20,21). The number of nitrogens with zero attached hydrogens (tertiary/aromatic N) is 3. The van der Waals surface area contributed by atoms with Gasteiger partial charge in [-0.2, -0.15) is 11.8 Å². The second-order valence-corrected chi connectivity index (χ2v) is 8.68. The molecule has 2 saturated heterocycles. The van der Waals surface area contributed by atoms with E-state index in [1.807, 2.05) is 16.0 Å². The summed E-state index contributed by atoms with van der Waals surface area (Å²) in [6.07, 6.45) is 9.09. The van der Waals surface area contributed by atoms with Gasteiger partial charge in [0.05, 0.1) is 12.1 Å². The van der Waals surface area contributed by atoms with Crippen LogP contribution in [0.25, 0.3) is 0 Å². The summed E-state index contributed by atoms with van der Waals surface area (Å²) in [4.78, 5) is 35.9. The summed E-state index contributed by atoms with van der Waals surface area (Å²) in [7, 11) is 0. The van der Waals surface area contributed by atoms with Crippen molar-refractivity contribution in [1.29, 1.82) is 0 Å². The molecule has 0 saturated carbocycles. The summed E-state index contributed by atoms with van der Waals surface area (Å²) in [6.45, 7) is 5.42. The average molecular weight is 379 g/mol. The van der Waals surface area contributed by atoms with Crippen LogP contribution in [0.4, 0.5) is 0 Å². The topological polar surface area (TPSA) is 69.3 Å². The maximum Gasteiger partial charge on any atom is 0.232 e. The summed E-state index contributed by atoms with van der Waals surface area (Å²) in [6, 6.07) is 0. The maximum absolute atomic E-state index is 12.3. The van der Waals surface area contributed by atoms with E-state index in [4.69, 9.17) is 0 Å². The number of piperidine rings is 2. The lowest BCUT2D eigenvalue weighted by Crippen LogP contribution is -2.52. The minimum absolute atomic E-state index is 0.204. The molecule has 1 aromatic rings. The van der Waals surface area contributed by atoms with Crippen LogP contribution in [0.15, 0.2) is 12.5 Å². The number of carbonyl (C=O) groups is 2. The lowest BCUT2D eigenvalue weighted by atomic mass is 9.72. The zero-order chi connectivity index (χ0) is 18.4. The number of rotatable bonds is 7. The van der Waals surface area contributed by atoms with Gasteiger partial charge in [-0.25, -0.2) is 4.98 Å². The molecule has 2 aliphatic heterocycles. The molecule has 1 spiro atoms. The third-order valence-electron chi connectivity index (χ3n) is 5.70. The van der Waals surface area contributed by atoms with Gasteiger partial charge in [-0.15, -0.1) is 0 Å². The number of nitrogens with one attached hydrogen (secondary N) is 1. The number of likely N-dealkylation sites (tertiary alicyclic amines) is 2. The van der Waals surface area contributed by atoms with Crippen molar-refractivity contribution >= 4 is 23.6 Å². The van der Waals surface area contributed by atoms with E-state index in [0.717, 1.165) is 69.7 Å². The van der Waals surface area contributed by atoms with Crippen molar-refractivity contribution in [2.24, 2.45) is 5.41 Å². The first kappa shape index (κ1) is 19.3. The van der Waals surface area contributed by atoms with Crippen LogP contribution in [0.5, 0.6) is 0 Å². The van der Waals surface area contributed by atoms with E-state index in [0.29, 0.717) is 12.2 Å². The van der Waals surface area contributed by atoms with Crippen LogP contribution in [-0.2, 0) is 16.0 Å². The van der Waals surface area contributed by atoms with Crippen LogP contribution in [0.2, 0.25) is 0 Å². The molecule has 2 aliphatic rings. The van der Waals surface area contributed by atoms with Crippen molar-refractivity contribution in [3.63, 3.8) is 0 Å². The molecule has 0 bridgehead atoms. The van der Waals surface area contributed by atoms with E-state index in [1.54, 1.807) is 18.1 Å². The molecule has 26 heavy (non-hydrogen) atoms. The van der Waals surface area contributed by atoms with Crippen LogP contribution in [0.3, 0.4) is 0 Å². The van der Waals surface area contributed by atoms with Crippen LogP contribution >= 0.6 is 11.8 Å². The quantitative estimate of drug-likeness (QED) is 0.740. The highest BCUT2D eigenvalue weighted by Crippen LogP contribution is 2.40. The molecule has 1 N–H and O–H groups in total. The Morgan fingerprint density at radius 2 is 2.15 bits per heavy atom. The second-order valence-electron chi connectivity index (χ2n) is 7.58. The summed E-state index contributed by atoms with van der Waals surface area (Å²) < 4.78 is 0. The van der Waals surface area contributed by atoms with Gasteiger partial charge in [-0.05, 0) is 36.9 Å². The van der Waals surface area contributed by atoms with Crippen molar-refractivity contribution in [2.75, 3.05) is 37.7 Å². The fourth-order valence-electron chi connectivity index (χ4n) is 4.02. The normalized spacial score (nSPS) is 20.0. The zero-order valence-corrected chi connectivity index (χ0v) is 16.5. The lowest BCUT2D eigenvalue weighted by molar-refractivity contribution is -0.141. The predicted molar refractivity (Wildman–Crippen MR) is 104 cm³/mol. The summed E-state index contributed by atoms with van der Waals surface area (Å²) in [5, 5.41) is 0. The van der Waals surface area contributed by atoms with Gasteiger partial charge in [0, 0.05) is 50.9 Å². The van der Waals surface area contributed by atoms with E-state index < -0.39 is 0 Å². The van der Waals surface area contributed by atoms with Gasteiger partial charge in [0.1, 0.15) is 0 Å². The summed E-state index contributed by atoms with van der Waals surface area (Å²) >= 11 is 1.74. The SMILES string of the molecule is CCCSCC(=O)N1CCC2(CCC(=O)N(CCc3cnc[nH]3)C2)CC1. The molecule has 7 heteroatoms. The van der Waals surface area contributed by atoms with Gasteiger partial charge in [-0.1, -0.05) is 6.92 Å². The van der Waals surface area contributed by atoms with E-state index in [9.17, 15) is 9.59 Å². The third kappa shape index (κ3) is 4.81. The molecule has 0 atom stereocenters. The Balaban J connectivity index is 1.49. The first-order valence-corrected chi connectivity index (χ1v) is 10.9.